The zero-order valence-corrected chi connectivity index (χ0v) is 15.9. The van der Waals surface area contributed by atoms with E-state index in [4.69, 9.17) is 0 Å². The van der Waals surface area contributed by atoms with Crippen LogP contribution in [-0.2, 0) is 16.1 Å². The van der Waals surface area contributed by atoms with Crippen molar-refractivity contribution in [1.82, 2.24) is 9.88 Å². The Bertz CT molecular complexity index is 823. The van der Waals surface area contributed by atoms with Gasteiger partial charge in [-0.3, -0.25) is 14.6 Å². The van der Waals surface area contributed by atoms with Crippen LogP contribution in [0.5, 0.6) is 0 Å². The van der Waals surface area contributed by atoms with Crippen molar-refractivity contribution >= 4 is 33.4 Å². The number of carbonyl (C=O) groups is 2. The number of nitrogens with zero attached hydrogens (tertiary/aromatic N) is 3. The topological polar surface area (TPSA) is 53.5 Å². The third-order valence-electron chi connectivity index (χ3n) is 4.96. The van der Waals surface area contributed by atoms with Crippen LogP contribution in [0, 0.1) is 5.92 Å². The molecule has 0 radical (unpaired) electrons. The fourth-order valence-corrected chi connectivity index (χ4v) is 3.97. The quantitative estimate of drug-likeness (QED) is 0.754. The third-order valence-corrected chi connectivity index (χ3v) is 5.63. The van der Waals surface area contributed by atoms with E-state index in [1.165, 1.54) is 0 Å². The average Bonchev–Trinajstić information content (AvgIpc) is 3.42. The Morgan fingerprint density at radius 1 is 1.23 bits per heavy atom. The number of hydrogen-bond donors (Lipinski definition) is 0. The van der Waals surface area contributed by atoms with E-state index >= 15 is 0 Å². The van der Waals surface area contributed by atoms with Gasteiger partial charge in [0.05, 0.1) is 11.6 Å². The maximum Gasteiger partial charge on any atom is 0.228 e. The van der Waals surface area contributed by atoms with Crippen LogP contribution in [-0.4, -0.2) is 34.3 Å². The summed E-state index contributed by atoms with van der Waals surface area (Å²) in [5, 5.41) is 0. The summed E-state index contributed by atoms with van der Waals surface area (Å²) in [7, 11) is 0. The fraction of sp³-hybridized carbons (Fsp3) is 0.350. The normalized spacial score (nSPS) is 19.7. The summed E-state index contributed by atoms with van der Waals surface area (Å²) in [6.07, 6.45) is 5.89. The second-order valence-corrected chi connectivity index (χ2v) is 7.77. The second kappa shape index (κ2) is 7.19. The predicted octanol–water partition coefficient (Wildman–Crippen LogP) is 3.39. The Kier molecular flexibility index (Phi) is 4.76. The molecule has 1 saturated heterocycles. The number of anilines is 1. The van der Waals surface area contributed by atoms with Gasteiger partial charge in [0.1, 0.15) is 0 Å². The molecule has 0 bridgehead atoms. The van der Waals surface area contributed by atoms with Crippen molar-refractivity contribution < 1.29 is 9.59 Å². The Balaban J connectivity index is 1.50. The number of pyridine rings is 1. The minimum Gasteiger partial charge on any atom is -0.335 e. The van der Waals surface area contributed by atoms with E-state index in [-0.39, 0.29) is 24.2 Å². The van der Waals surface area contributed by atoms with E-state index in [2.05, 4.69) is 20.9 Å². The molecule has 2 aromatic rings. The van der Waals surface area contributed by atoms with Gasteiger partial charge in [-0.15, -0.1) is 0 Å². The van der Waals surface area contributed by atoms with Crippen LogP contribution in [0.2, 0.25) is 0 Å². The largest absolute Gasteiger partial charge is 0.335 e. The lowest BCUT2D eigenvalue weighted by Crippen LogP contribution is -2.38. The molecule has 1 aromatic heterocycles. The predicted molar refractivity (Wildman–Crippen MR) is 102 cm³/mol. The summed E-state index contributed by atoms with van der Waals surface area (Å²) in [6, 6.07) is 11.8. The zero-order chi connectivity index (χ0) is 18.1. The lowest BCUT2D eigenvalue weighted by molar-refractivity contribution is -0.137. The van der Waals surface area contributed by atoms with Gasteiger partial charge in [0.15, 0.2) is 0 Å². The highest BCUT2D eigenvalue weighted by Crippen LogP contribution is 2.35. The van der Waals surface area contributed by atoms with E-state index in [9.17, 15) is 9.59 Å². The van der Waals surface area contributed by atoms with Crippen LogP contribution in [0.1, 0.15) is 24.8 Å². The van der Waals surface area contributed by atoms with Crippen LogP contribution < -0.4 is 4.90 Å². The van der Waals surface area contributed by atoms with Crippen LogP contribution >= 0.6 is 15.9 Å². The van der Waals surface area contributed by atoms with Crippen molar-refractivity contribution in [3.05, 3.63) is 58.8 Å². The number of hydrogen-bond acceptors (Lipinski definition) is 3. The third kappa shape index (κ3) is 3.51. The van der Waals surface area contributed by atoms with Crippen LogP contribution in [0.25, 0.3) is 0 Å². The fourth-order valence-electron chi connectivity index (χ4n) is 3.47. The molecule has 1 aliphatic heterocycles. The molecule has 2 amide bonds. The SMILES string of the molecule is O=C1C[C@H](C(=O)N(Cc2cccnc2)C2CC2)CN1c1ccccc1Br. The summed E-state index contributed by atoms with van der Waals surface area (Å²) in [4.78, 5) is 33.5. The van der Waals surface area contributed by atoms with Crippen LogP contribution in [0.3, 0.4) is 0 Å². The molecule has 1 atom stereocenters. The smallest absolute Gasteiger partial charge is 0.228 e. The van der Waals surface area contributed by atoms with Crippen molar-refractivity contribution in [2.24, 2.45) is 5.92 Å². The van der Waals surface area contributed by atoms with Crippen molar-refractivity contribution in [3.63, 3.8) is 0 Å². The lowest BCUT2D eigenvalue weighted by Gasteiger charge is -2.25. The highest BCUT2D eigenvalue weighted by molar-refractivity contribution is 9.10. The van der Waals surface area contributed by atoms with Gasteiger partial charge in [0.2, 0.25) is 11.8 Å². The molecule has 4 rings (SSSR count). The Hall–Kier alpha value is -2.21. The molecule has 2 heterocycles. The van der Waals surface area contributed by atoms with Gasteiger partial charge in [0.25, 0.3) is 0 Å². The van der Waals surface area contributed by atoms with Crippen molar-refractivity contribution in [1.29, 1.82) is 0 Å². The molecular weight excluding hydrogens is 394 g/mol. The number of halogens is 1. The van der Waals surface area contributed by atoms with Crippen molar-refractivity contribution in [3.8, 4) is 0 Å². The van der Waals surface area contributed by atoms with Crippen LogP contribution in [0.4, 0.5) is 5.69 Å². The van der Waals surface area contributed by atoms with E-state index in [1.807, 2.05) is 41.3 Å². The van der Waals surface area contributed by atoms with Gasteiger partial charge in [-0.1, -0.05) is 18.2 Å². The number of amides is 2. The molecule has 0 spiro atoms. The molecule has 6 heteroatoms. The molecule has 2 aliphatic rings. The average molecular weight is 414 g/mol. The van der Waals surface area contributed by atoms with Gasteiger partial charge in [-0.2, -0.15) is 0 Å². The first kappa shape index (κ1) is 17.2. The van der Waals surface area contributed by atoms with E-state index in [1.54, 1.807) is 17.3 Å². The number of aromatic nitrogens is 1. The molecule has 26 heavy (non-hydrogen) atoms. The highest BCUT2D eigenvalue weighted by atomic mass is 79.9. The van der Waals surface area contributed by atoms with Gasteiger partial charge in [0, 0.05) is 42.4 Å². The number of rotatable bonds is 5. The van der Waals surface area contributed by atoms with Crippen molar-refractivity contribution in [2.45, 2.75) is 31.8 Å². The molecule has 0 N–H and O–H groups in total. The second-order valence-electron chi connectivity index (χ2n) is 6.92. The highest BCUT2D eigenvalue weighted by Gasteiger charge is 2.41. The van der Waals surface area contributed by atoms with E-state index in [0.717, 1.165) is 28.6 Å². The van der Waals surface area contributed by atoms with Gasteiger partial charge in [-0.05, 0) is 52.5 Å². The summed E-state index contributed by atoms with van der Waals surface area (Å²) < 4.78 is 0.871. The molecule has 2 fully saturated rings. The first-order valence-electron chi connectivity index (χ1n) is 8.88. The Morgan fingerprint density at radius 3 is 2.73 bits per heavy atom. The van der Waals surface area contributed by atoms with E-state index < -0.39 is 0 Å². The number of carbonyl (C=O) groups excluding carboxylic acids is 2. The van der Waals surface area contributed by atoms with Gasteiger partial charge in [-0.25, -0.2) is 0 Å². The molecule has 5 nitrogen and oxygen atoms in total. The molecular formula is C20H20BrN3O2. The zero-order valence-electron chi connectivity index (χ0n) is 14.3. The molecule has 0 unspecified atom stereocenters. The van der Waals surface area contributed by atoms with Gasteiger partial charge >= 0.3 is 0 Å². The standard InChI is InChI=1S/C20H20BrN3O2/c21-17-5-1-2-6-18(17)24-13-15(10-19(24)25)20(26)23(16-7-8-16)12-14-4-3-9-22-11-14/h1-6,9,11,15-16H,7-8,10,12-13H2/t15-/m0/s1. The Labute approximate surface area is 161 Å². The number of para-hydroxylation sites is 1. The Morgan fingerprint density at radius 2 is 2.04 bits per heavy atom. The summed E-state index contributed by atoms with van der Waals surface area (Å²) >= 11 is 3.50. The monoisotopic (exact) mass is 413 g/mol. The molecule has 134 valence electrons. The van der Waals surface area contributed by atoms with Crippen LogP contribution in [0.15, 0.2) is 53.3 Å². The maximum absolute atomic E-state index is 13.2. The molecule has 1 aromatic carbocycles. The first-order valence-corrected chi connectivity index (χ1v) is 9.67. The maximum atomic E-state index is 13.2. The molecule has 1 aliphatic carbocycles. The lowest BCUT2D eigenvalue weighted by atomic mass is 10.1. The summed E-state index contributed by atoms with van der Waals surface area (Å²) in [5.41, 5.74) is 1.86. The molecule has 1 saturated carbocycles. The van der Waals surface area contributed by atoms with Gasteiger partial charge < -0.3 is 9.80 Å². The summed E-state index contributed by atoms with van der Waals surface area (Å²) in [6.45, 7) is 1.01. The summed E-state index contributed by atoms with van der Waals surface area (Å²) in [5.74, 6) is -0.196. The minimum atomic E-state index is -0.285. The minimum absolute atomic E-state index is 0.00683. The number of benzene rings is 1. The first-order chi connectivity index (χ1) is 12.6. The van der Waals surface area contributed by atoms with E-state index in [0.29, 0.717) is 19.1 Å². The van der Waals surface area contributed by atoms with Crippen molar-refractivity contribution in [2.75, 3.05) is 11.4 Å².